The van der Waals surface area contributed by atoms with Crippen LogP contribution in [0.15, 0.2) is 48.5 Å². The number of likely N-dealkylation sites (N-methyl/N-ethyl adjacent to an activating group) is 1. The molecular formula is C22H30N4O3S. The maximum absolute atomic E-state index is 12.8. The molecule has 1 saturated heterocycles. The molecule has 1 N–H and O–H groups in total. The number of carbonyl (C=O) groups excluding carboxylic acids is 1. The number of amides is 1. The Bertz CT molecular complexity index is 984. The summed E-state index contributed by atoms with van der Waals surface area (Å²) in [5, 5.41) is 2.84. The molecule has 0 radical (unpaired) electrons. The SMILES string of the molecule is Cc1cccc(N([C@H](C)C(=O)Nc2ccc(N3CCN(C)CC3)cc2)S(C)(=O)=O)c1. The molecule has 2 aromatic rings. The molecule has 1 aliphatic rings. The Kier molecular flexibility index (Phi) is 6.67. The summed E-state index contributed by atoms with van der Waals surface area (Å²) in [4.78, 5) is 17.5. The Morgan fingerprint density at radius 2 is 1.70 bits per heavy atom. The van der Waals surface area contributed by atoms with E-state index in [4.69, 9.17) is 0 Å². The van der Waals surface area contributed by atoms with Crippen LogP contribution in [0.3, 0.4) is 0 Å². The van der Waals surface area contributed by atoms with Crippen molar-refractivity contribution in [2.24, 2.45) is 0 Å². The normalized spacial score (nSPS) is 16.2. The number of carbonyl (C=O) groups is 1. The number of piperazine rings is 1. The quantitative estimate of drug-likeness (QED) is 0.763. The van der Waals surface area contributed by atoms with Crippen LogP contribution in [-0.2, 0) is 14.8 Å². The minimum absolute atomic E-state index is 0.380. The second-order valence-electron chi connectivity index (χ2n) is 7.90. The van der Waals surface area contributed by atoms with Gasteiger partial charge in [0, 0.05) is 37.6 Å². The first kappa shape index (κ1) is 22.1. The van der Waals surface area contributed by atoms with E-state index in [9.17, 15) is 13.2 Å². The standard InChI is InChI=1S/C22H30N4O3S/c1-17-6-5-7-21(16-17)26(30(4,28)29)18(2)22(27)23-19-8-10-20(11-9-19)25-14-12-24(3)13-15-25/h5-11,16,18H,12-15H2,1-4H3,(H,23,27)/t18-/m1/s1. The van der Waals surface area contributed by atoms with Crippen LogP contribution >= 0.6 is 0 Å². The van der Waals surface area contributed by atoms with E-state index in [1.807, 2.05) is 37.3 Å². The molecule has 1 aliphatic heterocycles. The molecule has 7 nitrogen and oxygen atoms in total. The number of aryl methyl sites for hydroxylation is 1. The lowest BCUT2D eigenvalue weighted by Gasteiger charge is -2.34. The van der Waals surface area contributed by atoms with E-state index in [2.05, 4.69) is 22.2 Å². The Labute approximate surface area is 179 Å². The summed E-state index contributed by atoms with van der Waals surface area (Å²) in [6, 6.07) is 13.9. The topological polar surface area (TPSA) is 73.0 Å². The van der Waals surface area contributed by atoms with Crippen molar-refractivity contribution in [3.8, 4) is 0 Å². The zero-order valence-corrected chi connectivity index (χ0v) is 18.8. The van der Waals surface area contributed by atoms with Crippen LogP contribution in [0.25, 0.3) is 0 Å². The van der Waals surface area contributed by atoms with Crippen molar-refractivity contribution >= 4 is 33.0 Å². The molecule has 0 bridgehead atoms. The molecule has 0 aromatic heterocycles. The van der Waals surface area contributed by atoms with Gasteiger partial charge in [-0.1, -0.05) is 12.1 Å². The van der Waals surface area contributed by atoms with Gasteiger partial charge in [-0.05, 0) is 62.9 Å². The fourth-order valence-electron chi connectivity index (χ4n) is 3.64. The average Bonchev–Trinajstić information content (AvgIpc) is 2.68. The van der Waals surface area contributed by atoms with Gasteiger partial charge in [-0.3, -0.25) is 9.10 Å². The first-order valence-electron chi connectivity index (χ1n) is 10.1. The van der Waals surface area contributed by atoms with Crippen molar-refractivity contribution in [1.29, 1.82) is 0 Å². The van der Waals surface area contributed by atoms with E-state index in [0.29, 0.717) is 11.4 Å². The molecule has 8 heteroatoms. The van der Waals surface area contributed by atoms with Crippen LogP contribution in [0.5, 0.6) is 0 Å². The van der Waals surface area contributed by atoms with Crippen LogP contribution in [0, 0.1) is 6.92 Å². The predicted octanol–water partition coefficient (Wildman–Crippen LogP) is 2.54. The predicted molar refractivity (Wildman–Crippen MR) is 123 cm³/mol. The second kappa shape index (κ2) is 9.06. The summed E-state index contributed by atoms with van der Waals surface area (Å²) in [7, 11) is -1.52. The number of nitrogens with one attached hydrogen (secondary N) is 1. The molecule has 0 saturated carbocycles. The Balaban J connectivity index is 1.72. The third kappa shape index (κ3) is 5.31. The minimum atomic E-state index is -3.64. The highest BCUT2D eigenvalue weighted by Gasteiger charge is 2.29. The molecule has 0 aliphatic carbocycles. The zero-order chi connectivity index (χ0) is 21.9. The number of rotatable bonds is 6. The molecule has 1 fully saturated rings. The third-order valence-corrected chi connectivity index (χ3v) is 6.59. The number of benzene rings is 2. The van der Waals surface area contributed by atoms with Gasteiger partial charge in [-0.15, -0.1) is 0 Å². The Hall–Kier alpha value is -2.58. The van der Waals surface area contributed by atoms with E-state index < -0.39 is 16.1 Å². The van der Waals surface area contributed by atoms with Crippen molar-refractivity contribution in [1.82, 2.24) is 4.90 Å². The first-order valence-corrected chi connectivity index (χ1v) is 11.9. The summed E-state index contributed by atoms with van der Waals surface area (Å²) in [5.41, 5.74) is 3.16. The number of nitrogens with zero attached hydrogens (tertiary/aromatic N) is 3. The highest BCUT2D eigenvalue weighted by Crippen LogP contribution is 2.24. The molecular weight excluding hydrogens is 400 g/mol. The van der Waals surface area contributed by atoms with E-state index in [0.717, 1.165) is 48.0 Å². The monoisotopic (exact) mass is 430 g/mol. The number of anilines is 3. The minimum Gasteiger partial charge on any atom is -0.369 e. The number of hydrogen-bond acceptors (Lipinski definition) is 5. The molecule has 0 unspecified atom stereocenters. The smallest absolute Gasteiger partial charge is 0.247 e. The molecule has 0 spiro atoms. The van der Waals surface area contributed by atoms with Crippen molar-refractivity contribution < 1.29 is 13.2 Å². The van der Waals surface area contributed by atoms with Gasteiger partial charge in [0.2, 0.25) is 15.9 Å². The van der Waals surface area contributed by atoms with Gasteiger partial charge in [0.25, 0.3) is 0 Å². The zero-order valence-electron chi connectivity index (χ0n) is 18.0. The second-order valence-corrected chi connectivity index (χ2v) is 9.76. The maximum atomic E-state index is 12.8. The first-order chi connectivity index (χ1) is 14.1. The van der Waals surface area contributed by atoms with E-state index in [1.165, 1.54) is 0 Å². The van der Waals surface area contributed by atoms with Gasteiger partial charge >= 0.3 is 0 Å². The lowest BCUT2D eigenvalue weighted by Crippen LogP contribution is -2.45. The maximum Gasteiger partial charge on any atom is 0.247 e. The summed E-state index contributed by atoms with van der Waals surface area (Å²) in [6.45, 7) is 7.47. The van der Waals surface area contributed by atoms with Gasteiger partial charge in [0.05, 0.1) is 11.9 Å². The van der Waals surface area contributed by atoms with Crippen molar-refractivity contribution in [2.75, 3.05) is 54.0 Å². The third-order valence-electron chi connectivity index (χ3n) is 5.35. The number of sulfonamides is 1. The van der Waals surface area contributed by atoms with Crippen LogP contribution in [0.4, 0.5) is 17.1 Å². The Morgan fingerprint density at radius 1 is 1.07 bits per heavy atom. The van der Waals surface area contributed by atoms with E-state index >= 15 is 0 Å². The van der Waals surface area contributed by atoms with Crippen LogP contribution in [0.2, 0.25) is 0 Å². The summed E-state index contributed by atoms with van der Waals surface area (Å²) in [5.74, 6) is -0.380. The average molecular weight is 431 g/mol. The van der Waals surface area contributed by atoms with Gasteiger partial charge in [0.1, 0.15) is 6.04 Å². The van der Waals surface area contributed by atoms with Gasteiger partial charge in [-0.2, -0.15) is 0 Å². The highest BCUT2D eigenvalue weighted by molar-refractivity contribution is 7.92. The van der Waals surface area contributed by atoms with Gasteiger partial charge < -0.3 is 15.1 Å². The van der Waals surface area contributed by atoms with E-state index in [-0.39, 0.29) is 5.91 Å². The highest BCUT2D eigenvalue weighted by atomic mass is 32.2. The lowest BCUT2D eigenvalue weighted by molar-refractivity contribution is -0.116. The van der Waals surface area contributed by atoms with E-state index in [1.54, 1.807) is 25.1 Å². The van der Waals surface area contributed by atoms with Crippen LogP contribution in [0.1, 0.15) is 12.5 Å². The fourth-order valence-corrected chi connectivity index (χ4v) is 4.81. The molecule has 2 aromatic carbocycles. The number of hydrogen-bond donors (Lipinski definition) is 1. The summed E-state index contributed by atoms with van der Waals surface area (Å²) in [6.07, 6.45) is 1.12. The molecule has 3 rings (SSSR count). The summed E-state index contributed by atoms with van der Waals surface area (Å²) >= 11 is 0. The lowest BCUT2D eigenvalue weighted by atomic mass is 10.2. The Morgan fingerprint density at radius 3 is 2.27 bits per heavy atom. The van der Waals surface area contributed by atoms with Crippen LogP contribution < -0.4 is 14.5 Å². The molecule has 1 amide bonds. The van der Waals surface area contributed by atoms with Crippen molar-refractivity contribution in [2.45, 2.75) is 19.9 Å². The molecule has 30 heavy (non-hydrogen) atoms. The summed E-state index contributed by atoms with van der Waals surface area (Å²) < 4.78 is 26.0. The largest absolute Gasteiger partial charge is 0.369 e. The molecule has 162 valence electrons. The van der Waals surface area contributed by atoms with Crippen molar-refractivity contribution in [3.05, 3.63) is 54.1 Å². The van der Waals surface area contributed by atoms with Gasteiger partial charge in [-0.25, -0.2) is 8.42 Å². The van der Waals surface area contributed by atoms with Crippen molar-refractivity contribution in [3.63, 3.8) is 0 Å². The van der Waals surface area contributed by atoms with Crippen LogP contribution in [-0.4, -0.2) is 64.7 Å². The molecule has 1 heterocycles. The molecule has 1 atom stereocenters. The van der Waals surface area contributed by atoms with Gasteiger partial charge in [0.15, 0.2) is 0 Å². The fraction of sp³-hybridized carbons (Fsp3) is 0.409.